The van der Waals surface area contributed by atoms with Crippen LogP contribution in [-0.4, -0.2) is 11.9 Å². The largest absolute Gasteiger partial charge is 1.00 e. The number of carbonyl (C=O) groups excluding carboxylic acids is 2. The van der Waals surface area contributed by atoms with Gasteiger partial charge in [-0.15, -0.1) is 0 Å². The van der Waals surface area contributed by atoms with Crippen LogP contribution in [0.3, 0.4) is 0 Å². The summed E-state index contributed by atoms with van der Waals surface area (Å²) in [5.41, 5.74) is 6.35. The molecule has 0 heterocycles. The average molecular weight is 525 g/mol. The fourth-order valence-corrected chi connectivity index (χ4v) is 10.7. The van der Waals surface area contributed by atoms with Gasteiger partial charge in [0.2, 0.25) is 0 Å². The van der Waals surface area contributed by atoms with Gasteiger partial charge in [-0.1, -0.05) is 0 Å². The molecule has 6 heteroatoms. The number of fused-ring (bicyclic) bond motifs is 1. The molecule has 0 aromatic rings. The Balaban J connectivity index is 0.00000274. The maximum atomic E-state index is 13.2. The van der Waals surface area contributed by atoms with Crippen molar-refractivity contribution in [1.82, 2.24) is 0 Å². The summed E-state index contributed by atoms with van der Waals surface area (Å²) in [6.45, 7) is 2.36. The van der Waals surface area contributed by atoms with Crippen LogP contribution in [0.15, 0.2) is 22.3 Å². The normalized spacial score (nSPS) is 28.0. The number of rotatable bonds is 5. The molecule has 34 heavy (non-hydrogen) atoms. The molecule has 0 radical (unpaired) electrons. The van der Waals surface area contributed by atoms with E-state index in [-0.39, 0.29) is 40.4 Å². The first-order chi connectivity index (χ1) is 16.1. The molecule has 2 atom stereocenters. The molecule has 5 aliphatic carbocycles. The van der Waals surface area contributed by atoms with E-state index in [1.807, 2.05) is 0 Å². The Kier molecular flexibility index (Phi) is 9.43. The second kappa shape index (κ2) is 12.1. The van der Waals surface area contributed by atoms with Gasteiger partial charge in [0.15, 0.2) is 0 Å². The Labute approximate surface area is 218 Å². The van der Waals surface area contributed by atoms with Gasteiger partial charge >= 0.3 is 207 Å². The smallest absolute Gasteiger partial charge is 1.00 e. The molecule has 2 saturated carbocycles. The summed E-state index contributed by atoms with van der Waals surface area (Å²) < 4.78 is 12.9. The van der Waals surface area contributed by atoms with E-state index in [2.05, 4.69) is 6.92 Å². The van der Waals surface area contributed by atoms with Gasteiger partial charge in [-0.25, -0.2) is 0 Å². The molecule has 2 fully saturated rings. The summed E-state index contributed by atoms with van der Waals surface area (Å²) in [7, 11) is 0. The van der Waals surface area contributed by atoms with Crippen LogP contribution in [0.1, 0.15) is 116 Å². The van der Waals surface area contributed by atoms with Crippen molar-refractivity contribution >= 4 is 11.9 Å². The molecule has 5 aliphatic rings. The predicted molar refractivity (Wildman–Crippen MR) is 125 cm³/mol. The fraction of sp³-hybridized carbons (Fsp3) is 0.786. The monoisotopic (exact) mass is 524 g/mol. The first-order valence-electron chi connectivity index (χ1n) is 13.9. The van der Waals surface area contributed by atoms with Crippen LogP contribution in [-0.2, 0) is 34.9 Å². The molecule has 4 nitrogen and oxygen atoms in total. The van der Waals surface area contributed by atoms with Gasteiger partial charge in [0.05, 0.1) is 0 Å². The molecule has 0 aromatic heterocycles. The van der Waals surface area contributed by atoms with Gasteiger partial charge in [0, 0.05) is 0 Å². The van der Waals surface area contributed by atoms with Gasteiger partial charge in [0.1, 0.15) is 0 Å². The maximum absolute atomic E-state index is 13.2. The standard InChI is InChI=1S/C14H19.2C7H12O2.ClH.Ti/c1-10-11-6-2-4-8-13(11)14-9-5-3-7-12(10)14;2*8-7(9)6-4-2-1-3-5-6;;/h6,10H,2-5,7-9H2,1H3;2*6H,1-5H2,(H,8,9);1H;/q;;;;+3/p-3. The van der Waals surface area contributed by atoms with Crippen molar-refractivity contribution in [2.75, 3.05) is 0 Å². The molecule has 0 N–H and O–H groups in total. The number of carbonyl (C=O) groups is 2. The third-order valence-electron chi connectivity index (χ3n) is 9.07. The van der Waals surface area contributed by atoms with E-state index in [1.165, 1.54) is 44.1 Å². The SMILES string of the molecule is CC1C2=C(CCCC2)C2=C1[CH]([Ti+]([O]C(=O)C1CCCCC1)[O]C(=O)C1CCCCC1)CCC2.[Cl-]. The van der Waals surface area contributed by atoms with E-state index in [1.54, 1.807) is 16.7 Å². The first kappa shape index (κ1) is 26.5. The molecule has 0 aliphatic heterocycles. The van der Waals surface area contributed by atoms with Crippen molar-refractivity contribution in [3.05, 3.63) is 22.3 Å². The van der Waals surface area contributed by atoms with E-state index in [0.717, 1.165) is 70.6 Å². The molecule has 0 bridgehead atoms. The van der Waals surface area contributed by atoms with Crippen LogP contribution >= 0.6 is 0 Å². The molecule has 0 amide bonds. The maximum Gasteiger partial charge on any atom is -1.00 e. The van der Waals surface area contributed by atoms with Crippen LogP contribution in [0.4, 0.5) is 0 Å². The van der Waals surface area contributed by atoms with Crippen molar-refractivity contribution in [2.45, 2.75) is 120 Å². The number of hydrogen-bond donors (Lipinski definition) is 0. The summed E-state index contributed by atoms with van der Waals surface area (Å²) in [4.78, 5) is 26.5. The Hall–Kier alpha value is -0.576. The Morgan fingerprint density at radius 1 is 0.676 bits per heavy atom. The van der Waals surface area contributed by atoms with E-state index in [0.29, 0.717) is 5.92 Å². The van der Waals surface area contributed by atoms with Crippen LogP contribution < -0.4 is 12.4 Å². The van der Waals surface area contributed by atoms with Crippen molar-refractivity contribution < 1.29 is 47.3 Å². The van der Waals surface area contributed by atoms with Crippen molar-refractivity contribution in [3.8, 4) is 0 Å². The molecular formula is C28H41ClO4Ti. The van der Waals surface area contributed by atoms with Gasteiger partial charge in [-0.2, -0.15) is 0 Å². The average Bonchev–Trinajstić information content (AvgIpc) is 3.17. The number of hydrogen-bond acceptors (Lipinski definition) is 4. The van der Waals surface area contributed by atoms with E-state index < -0.39 is 18.6 Å². The second-order valence-electron chi connectivity index (χ2n) is 11.1. The Bertz CT molecular complexity index is 790. The van der Waals surface area contributed by atoms with Crippen LogP contribution in [0.25, 0.3) is 0 Å². The van der Waals surface area contributed by atoms with E-state index in [4.69, 9.17) is 6.64 Å². The summed E-state index contributed by atoms with van der Waals surface area (Å²) in [6, 6.07) is 0. The molecule has 0 aromatic carbocycles. The summed E-state index contributed by atoms with van der Waals surface area (Å²) in [6.07, 6.45) is 19.0. The van der Waals surface area contributed by atoms with Gasteiger partial charge < -0.3 is 12.4 Å². The van der Waals surface area contributed by atoms with E-state index >= 15 is 0 Å². The predicted octanol–water partition coefficient (Wildman–Crippen LogP) is 4.47. The molecule has 188 valence electrons. The number of halogens is 1. The van der Waals surface area contributed by atoms with Gasteiger partial charge in [-0.05, 0) is 0 Å². The van der Waals surface area contributed by atoms with Crippen LogP contribution in [0, 0.1) is 17.8 Å². The van der Waals surface area contributed by atoms with Crippen molar-refractivity contribution in [2.24, 2.45) is 17.8 Å². The summed E-state index contributed by atoms with van der Waals surface area (Å²) >= 11 is -2.88. The Morgan fingerprint density at radius 3 is 1.79 bits per heavy atom. The minimum absolute atomic E-state index is 0. The quantitative estimate of drug-likeness (QED) is 0.498. The zero-order valence-corrected chi connectivity index (χ0v) is 23.2. The summed E-state index contributed by atoms with van der Waals surface area (Å²) in [5.74, 6) is 0.359. The minimum atomic E-state index is -2.88. The molecule has 5 rings (SSSR count). The van der Waals surface area contributed by atoms with Gasteiger partial charge in [0.25, 0.3) is 0 Å². The molecular weight excluding hydrogens is 484 g/mol. The summed E-state index contributed by atoms with van der Waals surface area (Å²) in [5, 5.41) is 0. The topological polar surface area (TPSA) is 52.6 Å². The zero-order chi connectivity index (χ0) is 22.8. The van der Waals surface area contributed by atoms with Crippen LogP contribution in [0.2, 0.25) is 4.22 Å². The molecule has 2 unspecified atom stereocenters. The van der Waals surface area contributed by atoms with Crippen molar-refractivity contribution in [1.29, 1.82) is 0 Å². The molecule has 0 spiro atoms. The van der Waals surface area contributed by atoms with Gasteiger partial charge in [-0.3, -0.25) is 0 Å². The Morgan fingerprint density at radius 2 is 1.21 bits per heavy atom. The third-order valence-corrected chi connectivity index (χ3v) is 12.2. The zero-order valence-electron chi connectivity index (χ0n) is 20.8. The van der Waals surface area contributed by atoms with Crippen molar-refractivity contribution in [3.63, 3.8) is 0 Å². The van der Waals surface area contributed by atoms with Crippen LogP contribution in [0.5, 0.6) is 0 Å². The minimum Gasteiger partial charge on any atom is -1.00 e. The third kappa shape index (κ3) is 5.55. The fourth-order valence-electron chi connectivity index (χ4n) is 7.27. The first-order valence-corrected chi connectivity index (χ1v) is 16.1. The second-order valence-corrected chi connectivity index (χ2v) is 13.9. The number of allylic oxidation sites excluding steroid dienone is 4. The van der Waals surface area contributed by atoms with E-state index in [9.17, 15) is 9.59 Å². The molecule has 0 saturated heterocycles.